The molecule has 0 N–H and O–H groups in total. The molecule has 0 aliphatic carbocycles. The summed E-state index contributed by atoms with van der Waals surface area (Å²) in [4.78, 5) is 4.55. The molecule has 0 amide bonds. The molecule has 150 valence electrons. The number of anilines is 2. The van der Waals surface area contributed by atoms with Crippen LogP contribution in [0.4, 0.5) is 11.4 Å². The minimum absolute atomic E-state index is 0.813. The van der Waals surface area contributed by atoms with Gasteiger partial charge in [0, 0.05) is 24.5 Å². The van der Waals surface area contributed by atoms with Crippen molar-refractivity contribution in [2.45, 2.75) is 40.2 Å². The fraction of sp³-hybridized carbons (Fsp3) is 0.269. The van der Waals surface area contributed by atoms with Crippen molar-refractivity contribution < 1.29 is 0 Å². The van der Waals surface area contributed by atoms with Crippen LogP contribution in [0.15, 0.2) is 78.9 Å². The van der Waals surface area contributed by atoms with Gasteiger partial charge in [-0.15, -0.1) is 0 Å². The Kier molecular flexibility index (Phi) is 7.42. The maximum atomic E-state index is 6.11. The lowest BCUT2D eigenvalue weighted by atomic mass is 10.1. The number of unbranched alkanes of at least 4 members (excludes halogenated alkanes) is 1. The zero-order valence-corrected chi connectivity index (χ0v) is 18.5. The quantitative estimate of drug-likeness (QED) is 0.392. The Morgan fingerprint density at radius 3 is 1.97 bits per heavy atom. The Bertz CT molecular complexity index is 902. The van der Waals surface area contributed by atoms with Crippen LogP contribution in [-0.4, -0.2) is 16.6 Å². The summed E-state index contributed by atoms with van der Waals surface area (Å²) in [7, 11) is 0. The number of nitrogens with zero attached hydrogens (tertiary/aromatic N) is 2. The summed E-state index contributed by atoms with van der Waals surface area (Å²) in [5, 5.41) is 0.846. The van der Waals surface area contributed by atoms with Gasteiger partial charge in [0.1, 0.15) is 0 Å². The van der Waals surface area contributed by atoms with Crippen LogP contribution in [0, 0.1) is 13.8 Å². The van der Waals surface area contributed by atoms with Crippen LogP contribution in [-0.2, 0) is 6.54 Å². The second-order valence-corrected chi connectivity index (χ2v) is 7.93. The molecule has 3 rings (SSSR count). The number of rotatable bonds is 7. The van der Waals surface area contributed by atoms with Crippen LogP contribution in [0.2, 0.25) is 0 Å². The first kappa shape index (κ1) is 21.1. The smallest absolute Gasteiger partial charge is 0.181 e. The van der Waals surface area contributed by atoms with Crippen molar-refractivity contribution in [2.24, 2.45) is 0 Å². The molecule has 0 saturated carbocycles. The largest absolute Gasteiger partial charge is 0.344 e. The summed E-state index contributed by atoms with van der Waals surface area (Å²) >= 11 is 6.11. The molecule has 29 heavy (non-hydrogen) atoms. The molecule has 2 nitrogen and oxygen atoms in total. The molecule has 3 aromatic carbocycles. The van der Waals surface area contributed by atoms with Gasteiger partial charge in [0.15, 0.2) is 5.11 Å². The van der Waals surface area contributed by atoms with E-state index in [1.54, 1.807) is 0 Å². The lowest BCUT2D eigenvalue weighted by molar-refractivity contribution is 0.404. The van der Waals surface area contributed by atoms with E-state index in [0.29, 0.717) is 0 Å². The highest BCUT2D eigenvalue weighted by atomic mass is 32.1. The van der Waals surface area contributed by atoms with Crippen molar-refractivity contribution in [2.75, 3.05) is 11.4 Å². The summed E-state index contributed by atoms with van der Waals surface area (Å²) in [6.07, 6.45) is 2.26. The van der Waals surface area contributed by atoms with Crippen molar-refractivity contribution in [1.82, 2.24) is 4.90 Å². The zero-order chi connectivity index (χ0) is 20.6. The average Bonchev–Trinajstić information content (AvgIpc) is 2.72. The minimum atomic E-state index is 0.813. The molecule has 3 aromatic rings. The molecule has 0 aliphatic heterocycles. The standard InChI is InChI=1S/C26H30N2S/c1-4-5-16-27(20-23-12-8-6-9-13-23)26(29)28(24-14-10-7-11-15-24)25-18-21(2)17-22(3)19-25/h6-15,17-19H,4-5,16,20H2,1-3H3. The van der Waals surface area contributed by atoms with Gasteiger partial charge in [-0.3, -0.25) is 4.90 Å². The maximum absolute atomic E-state index is 6.11. The summed E-state index contributed by atoms with van der Waals surface area (Å²) in [5.41, 5.74) is 5.98. The first-order valence-corrected chi connectivity index (χ1v) is 10.8. The van der Waals surface area contributed by atoms with Gasteiger partial charge in [-0.25, -0.2) is 0 Å². The van der Waals surface area contributed by atoms with E-state index in [2.05, 4.69) is 103 Å². The van der Waals surface area contributed by atoms with Crippen LogP contribution >= 0.6 is 12.2 Å². The molecule has 0 atom stereocenters. The number of benzene rings is 3. The molecule has 3 heteroatoms. The van der Waals surface area contributed by atoms with Gasteiger partial charge >= 0.3 is 0 Å². The van der Waals surface area contributed by atoms with Crippen LogP contribution < -0.4 is 4.90 Å². The molecule has 0 radical (unpaired) electrons. The Morgan fingerprint density at radius 2 is 1.38 bits per heavy atom. The number of thiocarbonyl (C=S) groups is 1. The van der Waals surface area contributed by atoms with E-state index in [4.69, 9.17) is 12.2 Å². The summed E-state index contributed by atoms with van der Waals surface area (Å²) in [6, 6.07) is 27.7. The van der Waals surface area contributed by atoms with Crippen molar-refractivity contribution in [3.63, 3.8) is 0 Å². The summed E-state index contributed by atoms with van der Waals surface area (Å²) < 4.78 is 0. The van der Waals surface area contributed by atoms with E-state index in [0.717, 1.165) is 42.4 Å². The van der Waals surface area contributed by atoms with Crippen LogP contribution in [0.3, 0.4) is 0 Å². The summed E-state index contributed by atoms with van der Waals surface area (Å²) in [5.74, 6) is 0. The first-order valence-electron chi connectivity index (χ1n) is 10.3. The molecule has 0 heterocycles. The Labute approximate surface area is 180 Å². The van der Waals surface area contributed by atoms with E-state index in [9.17, 15) is 0 Å². The lowest BCUT2D eigenvalue weighted by Crippen LogP contribution is -2.41. The van der Waals surface area contributed by atoms with Crippen molar-refractivity contribution in [3.05, 3.63) is 95.6 Å². The highest BCUT2D eigenvalue weighted by Gasteiger charge is 2.21. The fourth-order valence-corrected chi connectivity index (χ4v) is 3.93. The highest BCUT2D eigenvalue weighted by Crippen LogP contribution is 2.29. The predicted octanol–water partition coefficient (Wildman–Crippen LogP) is 7.03. The maximum Gasteiger partial charge on any atom is 0.181 e. The fourth-order valence-electron chi connectivity index (χ4n) is 3.56. The van der Waals surface area contributed by atoms with E-state index in [-0.39, 0.29) is 0 Å². The van der Waals surface area contributed by atoms with Gasteiger partial charge in [-0.1, -0.05) is 67.9 Å². The van der Waals surface area contributed by atoms with Crippen molar-refractivity contribution >= 4 is 28.7 Å². The minimum Gasteiger partial charge on any atom is -0.344 e. The number of hydrogen-bond acceptors (Lipinski definition) is 1. The normalized spacial score (nSPS) is 10.6. The van der Waals surface area contributed by atoms with E-state index >= 15 is 0 Å². The number of para-hydroxylation sites is 1. The summed E-state index contributed by atoms with van der Waals surface area (Å²) in [6.45, 7) is 8.26. The van der Waals surface area contributed by atoms with Crippen LogP contribution in [0.25, 0.3) is 0 Å². The van der Waals surface area contributed by atoms with E-state index in [1.807, 2.05) is 6.07 Å². The van der Waals surface area contributed by atoms with Gasteiger partial charge < -0.3 is 4.90 Å². The van der Waals surface area contributed by atoms with Gasteiger partial charge in [-0.05, 0) is 73.4 Å². The third-order valence-electron chi connectivity index (χ3n) is 4.94. The number of aryl methyl sites for hydroxylation is 2. The highest BCUT2D eigenvalue weighted by molar-refractivity contribution is 7.80. The van der Waals surface area contributed by atoms with Crippen LogP contribution in [0.1, 0.15) is 36.5 Å². The molecule has 0 fully saturated rings. The second kappa shape index (κ2) is 10.2. The predicted molar refractivity (Wildman–Crippen MR) is 129 cm³/mol. The Hall–Kier alpha value is -2.65. The van der Waals surface area contributed by atoms with Crippen molar-refractivity contribution in [1.29, 1.82) is 0 Å². The molecular formula is C26H30N2S. The zero-order valence-electron chi connectivity index (χ0n) is 17.6. The molecule has 0 spiro atoms. The topological polar surface area (TPSA) is 6.48 Å². The number of hydrogen-bond donors (Lipinski definition) is 0. The molecule has 0 aliphatic rings. The molecule has 0 unspecified atom stereocenters. The Balaban J connectivity index is 2.00. The Morgan fingerprint density at radius 1 is 0.793 bits per heavy atom. The van der Waals surface area contributed by atoms with E-state index < -0.39 is 0 Å². The molecule has 0 bridgehead atoms. The van der Waals surface area contributed by atoms with Gasteiger partial charge in [0.2, 0.25) is 0 Å². The van der Waals surface area contributed by atoms with Gasteiger partial charge in [-0.2, -0.15) is 0 Å². The molecule has 0 aromatic heterocycles. The second-order valence-electron chi connectivity index (χ2n) is 7.56. The molecule has 0 saturated heterocycles. The lowest BCUT2D eigenvalue weighted by Gasteiger charge is -2.34. The average molecular weight is 403 g/mol. The van der Waals surface area contributed by atoms with Crippen LogP contribution in [0.5, 0.6) is 0 Å². The van der Waals surface area contributed by atoms with E-state index in [1.165, 1.54) is 16.7 Å². The van der Waals surface area contributed by atoms with Gasteiger partial charge in [0.25, 0.3) is 0 Å². The third kappa shape index (κ3) is 5.68. The first-order chi connectivity index (χ1) is 14.1. The SMILES string of the molecule is CCCCN(Cc1ccccc1)C(=S)N(c1ccccc1)c1cc(C)cc(C)c1. The third-order valence-corrected chi connectivity index (χ3v) is 5.38. The van der Waals surface area contributed by atoms with Gasteiger partial charge in [0.05, 0.1) is 0 Å². The monoisotopic (exact) mass is 402 g/mol. The van der Waals surface area contributed by atoms with Crippen molar-refractivity contribution in [3.8, 4) is 0 Å². The molecular weight excluding hydrogens is 372 g/mol.